The van der Waals surface area contributed by atoms with Crippen molar-refractivity contribution in [1.29, 1.82) is 0 Å². The van der Waals surface area contributed by atoms with E-state index in [1.54, 1.807) is 24.3 Å². The summed E-state index contributed by atoms with van der Waals surface area (Å²) in [4.78, 5) is 36.0. The largest absolute Gasteiger partial charge is 0.505 e. The number of carboxylic acid groups (broad SMARTS) is 2. The molecule has 0 radical (unpaired) electrons. The molecule has 1 fully saturated rings. The number of amides is 1. The van der Waals surface area contributed by atoms with E-state index in [1.807, 2.05) is 0 Å². The van der Waals surface area contributed by atoms with Gasteiger partial charge in [0.05, 0.1) is 0 Å². The van der Waals surface area contributed by atoms with Crippen LogP contribution < -0.4 is 10.6 Å². The molecule has 1 aliphatic rings. The van der Waals surface area contributed by atoms with Crippen LogP contribution >= 0.6 is 11.6 Å². The van der Waals surface area contributed by atoms with Crippen LogP contribution in [0.3, 0.4) is 0 Å². The second-order valence-electron chi connectivity index (χ2n) is 6.17. The lowest BCUT2D eigenvalue weighted by atomic mass is 10.1. The van der Waals surface area contributed by atoms with E-state index in [2.05, 4.69) is 15.6 Å². The standard InChI is InChI=1S/C14H11ClN2O4.C5H9NO2/c15-10-3-1-2-8(4-10)9-5-11(18)13(16-6-9)14(21)17-7-12(19)20;7-5(8)4-2-1-3-6-4/h1-6,18H,7H2,(H,17,21)(H,19,20);4,6H,1-3H2,(H,7,8)/t;4-/m.0/s1. The summed E-state index contributed by atoms with van der Waals surface area (Å²) in [6.45, 7) is 0.312. The summed E-state index contributed by atoms with van der Waals surface area (Å²) in [5.41, 5.74) is 1.09. The fourth-order valence-corrected chi connectivity index (χ4v) is 2.78. The predicted molar refractivity (Wildman–Crippen MR) is 105 cm³/mol. The molecule has 0 spiro atoms. The normalized spacial score (nSPS) is 15.1. The van der Waals surface area contributed by atoms with Crippen LogP contribution in [0.5, 0.6) is 5.75 Å². The number of aromatic hydroxyl groups is 1. The number of halogens is 1. The number of aromatic nitrogens is 1. The number of hydrogen-bond acceptors (Lipinski definition) is 6. The first-order valence-electron chi connectivity index (χ1n) is 8.69. The van der Waals surface area contributed by atoms with Crippen molar-refractivity contribution in [2.24, 2.45) is 0 Å². The molecular weight excluding hydrogens is 402 g/mol. The van der Waals surface area contributed by atoms with Crippen molar-refractivity contribution in [3.8, 4) is 16.9 Å². The Kier molecular flexibility index (Phi) is 7.93. The summed E-state index contributed by atoms with van der Waals surface area (Å²) < 4.78 is 0. The number of hydrogen-bond donors (Lipinski definition) is 5. The minimum atomic E-state index is -1.18. The molecule has 5 N–H and O–H groups in total. The number of aliphatic carboxylic acids is 2. The molecule has 1 saturated heterocycles. The van der Waals surface area contributed by atoms with Crippen LogP contribution in [0.4, 0.5) is 0 Å². The molecular formula is C19H20ClN3O6. The minimum absolute atomic E-state index is 0.234. The van der Waals surface area contributed by atoms with Gasteiger partial charge in [0.25, 0.3) is 5.91 Å². The maximum atomic E-state index is 11.7. The first kappa shape index (κ1) is 22.1. The fourth-order valence-electron chi connectivity index (χ4n) is 2.59. The third-order valence-corrected chi connectivity index (χ3v) is 4.23. The molecule has 2 heterocycles. The molecule has 0 aliphatic carbocycles. The van der Waals surface area contributed by atoms with Gasteiger partial charge in [0, 0.05) is 16.8 Å². The molecule has 1 atom stereocenters. The van der Waals surface area contributed by atoms with Gasteiger partial charge in [0.2, 0.25) is 0 Å². The van der Waals surface area contributed by atoms with Crippen LogP contribution in [0.1, 0.15) is 23.3 Å². The van der Waals surface area contributed by atoms with Crippen molar-refractivity contribution in [1.82, 2.24) is 15.6 Å². The topological polar surface area (TPSA) is 149 Å². The van der Waals surface area contributed by atoms with Crippen molar-refractivity contribution in [3.63, 3.8) is 0 Å². The molecule has 0 saturated carbocycles. The predicted octanol–water partition coefficient (Wildman–Crippen LogP) is 1.74. The van der Waals surface area contributed by atoms with Gasteiger partial charge in [-0.25, -0.2) is 4.98 Å². The number of nitrogens with one attached hydrogen (secondary N) is 2. The van der Waals surface area contributed by atoms with E-state index < -0.39 is 24.4 Å². The zero-order valence-electron chi connectivity index (χ0n) is 15.3. The highest BCUT2D eigenvalue weighted by atomic mass is 35.5. The van der Waals surface area contributed by atoms with Crippen LogP contribution in [0.15, 0.2) is 36.5 Å². The summed E-state index contributed by atoms with van der Waals surface area (Å²) in [5, 5.41) is 32.2. The van der Waals surface area contributed by atoms with Crippen molar-refractivity contribution >= 4 is 29.4 Å². The van der Waals surface area contributed by atoms with Crippen LogP contribution in [0.2, 0.25) is 5.02 Å². The summed E-state index contributed by atoms with van der Waals surface area (Å²) in [6.07, 6.45) is 3.19. The highest BCUT2D eigenvalue weighted by Gasteiger charge is 2.20. The number of rotatable bonds is 5. The lowest BCUT2D eigenvalue weighted by Crippen LogP contribution is -2.29. The number of carboxylic acids is 2. The molecule has 1 aliphatic heterocycles. The van der Waals surface area contributed by atoms with Gasteiger partial charge >= 0.3 is 11.9 Å². The van der Waals surface area contributed by atoms with E-state index >= 15 is 0 Å². The van der Waals surface area contributed by atoms with Crippen LogP contribution in [-0.2, 0) is 9.59 Å². The minimum Gasteiger partial charge on any atom is -0.505 e. The number of nitrogens with zero attached hydrogens (tertiary/aromatic N) is 1. The van der Waals surface area contributed by atoms with Gasteiger partial charge in [0.15, 0.2) is 5.69 Å². The number of pyridine rings is 1. The lowest BCUT2D eigenvalue weighted by Gasteiger charge is -2.07. The summed E-state index contributed by atoms with van der Waals surface area (Å²) >= 11 is 5.88. The second kappa shape index (κ2) is 10.4. The first-order valence-corrected chi connectivity index (χ1v) is 9.07. The van der Waals surface area contributed by atoms with Crippen molar-refractivity contribution in [3.05, 3.63) is 47.2 Å². The van der Waals surface area contributed by atoms with Crippen molar-refractivity contribution < 1.29 is 29.7 Å². The third kappa shape index (κ3) is 6.74. The molecule has 29 heavy (non-hydrogen) atoms. The van der Waals surface area contributed by atoms with E-state index in [-0.39, 0.29) is 17.5 Å². The van der Waals surface area contributed by atoms with E-state index in [1.165, 1.54) is 12.3 Å². The Hall–Kier alpha value is -3.17. The number of benzene rings is 1. The second-order valence-corrected chi connectivity index (χ2v) is 6.60. The lowest BCUT2D eigenvalue weighted by molar-refractivity contribution is -0.139. The average molecular weight is 422 g/mol. The smallest absolute Gasteiger partial charge is 0.322 e. The third-order valence-electron chi connectivity index (χ3n) is 4.00. The maximum absolute atomic E-state index is 11.7. The molecule has 1 aromatic heterocycles. The molecule has 2 aromatic rings. The fraction of sp³-hybridized carbons (Fsp3) is 0.263. The Labute approximate surface area is 171 Å². The quantitative estimate of drug-likeness (QED) is 0.490. The average Bonchev–Trinajstić information content (AvgIpc) is 3.22. The van der Waals surface area contributed by atoms with E-state index in [9.17, 15) is 19.5 Å². The highest BCUT2D eigenvalue weighted by Crippen LogP contribution is 2.26. The van der Waals surface area contributed by atoms with Crippen LogP contribution in [0.25, 0.3) is 11.1 Å². The van der Waals surface area contributed by atoms with Gasteiger partial charge < -0.3 is 26.0 Å². The molecule has 10 heteroatoms. The number of carbonyl (C=O) groups excluding carboxylic acids is 1. The Balaban J connectivity index is 0.000000313. The van der Waals surface area contributed by atoms with Crippen LogP contribution in [-0.4, -0.2) is 57.3 Å². The zero-order valence-corrected chi connectivity index (χ0v) is 16.0. The van der Waals surface area contributed by atoms with Gasteiger partial charge in [-0.3, -0.25) is 14.4 Å². The monoisotopic (exact) mass is 421 g/mol. The zero-order chi connectivity index (χ0) is 21.4. The summed E-state index contributed by atoms with van der Waals surface area (Å²) in [5.74, 6) is -3.00. The molecule has 3 rings (SSSR count). The van der Waals surface area contributed by atoms with E-state index in [0.717, 1.165) is 24.9 Å². The number of carbonyl (C=O) groups is 3. The molecule has 0 bridgehead atoms. The Morgan fingerprint density at radius 1 is 1.21 bits per heavy atom. The van der Waals surface area contributed by atoms with Gasteiger partial charge in [-0.1, -0.05) is 23.7 Å². The Bertz CT molecular complexity index is 899. The molecule has 9 nitrogen and oxygen atoms in total. The van der Waals surface area contributed by atoms with Gasteiger partial charge in [0.1, 0.15) is 18.3 Å². The van der Waals surface area contributed by atoms with Gasteiger partial charge in [-0.2, -0.15) is 0 Å². The molecule has 0 unspecified atom stereocenters. The maximum Gasteiger partial charge on any atom is 0.322 e. The Morgan fingerprint density at radius 3 is 2.48 bits per heavy atom. The van der Waals surface area contributed by atoms with Gasteiger partial charge in [-0.05, 0) is 43.1 Å². The highest BCUT2D eigenvalue weighted by molar-refractivity contribution is 6.30. The van der Waals surface area contributed by atoms with E-state index in [4.69, 9.17) is 21.8 Å². The van der Waals surface area contributed by atoms with Crippen molar-refractivity contribution in [2.75, 3.05) is 13.1 Å². The molecule has 154 valence electrons. The SMILES string of the molecule is O=C(O)CNC(=O)c1ncc(-c2cccc(Cl)c2)cc1O.O=C(O)[C@@H]1CCCN1. The first-order chi connectivity index (χ1) is 13.8. The summed E-state index contributed by atoms with van der Waals surface area (Å²) in [6, 6.07) is 8.05. The molecule has 1 amide bonds. The van der Waals surface area contributed by atoms with E-state index in [0.29, 0.717) is 10.6 Å². The van der Waals surface area contributed by atoms with Gasteiger partial charge in [-0.15, -0.1) is 0 Å². The Morgan fingerprint density at radius 2 is 1.97 bits per heavy atom. The van der Waals surface area contributed by atoms with Crippen LogP contribution in [0, 0.1) is 0 Å². The van der Waals surface area contributed by atoms with Crippen molar-refractivity contribution in [2.45, 2.75) is 18.9 Å². The molecule has 1 aromatic carbocycles. The summed E-state index contributed by atoms with van der Waals surface area (Å²) in [7, 11) is 0.